The van der Waals surface area contributed by atoms with Crippen LogP contribution in [0.3, 0.4) is 0 Å². The van der Waals surface area contributed by atoms with Gasteiger partial charge in [0.05, 0.1) is 0 Å². The fraction of sp³-hybridized carbons (Fsp3) is 1.00. The van der Waals surface area contributed by atoms with Crippen LogP contribution in [0.15, 0.2) is 0 Å². The quantitative estimate of drug-likeness (QED) is 0.754. The van der Waals surface area contributed by atoms with Gasteiger partial charge < -0.3 is 18.5 Å². The van der Waals surface area contributed by atoms with Gasteiger partial charge in [0.15, 0.2) is 0 Å². The summed E-state index contributed by atoms with van der Waals surface area (Å²) >= 11 is 0. The van der Waals surface area contributed by atoms with Crippen molar-refractivity contribution >= 4 is 15.2 Å². The molecule has 0 spiro atoms. The number of halogens is 2. The van der Waals surface area contributed by atoms with E-state index >= 15 is 0 Å². The Morgan fingerprint density at radius 2 is 1.43 bits per heavy atom. The first-order valence-electron chi connectivity index (χ1n) is 3.16. The van der Waals surface area contributed by atoms with Crippen LogP contribution in [0, 0.1) is 0 Å². The van der Waals surface area contributed by atoms with Gasteiger partial charge in [0.1, 0.15) is 0 Å². The average molecular weight is 254 g/mol. The second-order valence-corrected chi connectivity index (χ2v) is 6.68. The molecule has 10 heteroatoms. The second kappa shape index (κ2) is 4.35. The lowest BCUT2D eigenvalue weighted by atomic mass is 11.6. The maximum Gasteiger partial charge on any atom is 0.444 e. The van der Waals surface area contributed by atoms with Crippen molar-refractivity contribution in [3.8, 4) is 0 Å². The van der Waals surface area contributed by atoms with Crippen LogP contribution in [0.4, 0.5) is 8.78 Å². The molecule has 0 aromatic carbocycles. The zero-order valence-corrected chi connectivity index (χ0v) is 9.43. The molecular formula is C4H10F2O6P2. The van der Waals surface area contributed by atoms with E-state index in [0.717, 1.165) is 0 Å². The van der Waals surface area contributed by atoms with Gasteiger partial charge in [0, 0.05) is 21.3 Å². The first-order valence-corrected chi connectivity index (χ1v) is 6.28. The standard InChI is InChI=1S/C4H10F2O6P2/c1-10-13(7,8)4(5,6)14(9,11-2)12-3/h1-3H3,(H,7,8). The van der Waals surface area contributed by atoms with E-state index in [9.17, 15) is 17.9 Å². The molecule has 0 amide bonds. The van der Waals surface area contributed by atoms with E-state index in [2.05, 4.69) is 13.6 Å². The van der Waals surface area contributed by atoms with E-state index in [-0.39, 0.29) is 0 Å². The summed E-state index contributed by atoms with van der Waals surface area (Å²) in [5, 5.41) is -4.60. The molecular weight excluding hydrogens is 244 g/mol. The van der Waals surface area contributed by atoms with E-state index < -0.39 is 20.6 Å². The lowest BCUT2D eigenvalue weighted by Crippen LogP contribution is -2.19. The lowest BCUT2D eigenvalue weighted by molar-refractivity contribution is 0.0872. The summed E-state index contributed by atoms with van der Waals surface area (Å²) in [4.78, 5) is 8.70. The highest BCUT2D eigenvalue weighted by atomic mass is 31.2. The molecule has 0 aliphatic rings. The minimum atomic E-state index is -5.38. The topological polar surface area (TPSA) is 82.1 Å². The zero-order valence-electron chi connectivity index (χ0n) is 7.64. The van der Waals surface area contributed by atoms with E-state index in [1.54, 1.807) is 0 Å². The fourth-order valence-electron chi connectivity index (χ4n) is 0.559. The second-order valence-electron chi connectivity index (χ2n) is 2.08. The first kappa shape index (κ1) is 14.2. The smallest absolute Gasteiger partial charge is 0.320 e. The molecule has 1 N–H and O–H groups in total. The third-order valence-corrected chi connectivity index (χ3v) is 5.69. The maximum atomic E-state index is 13.1. The van der Waals surface area contributed by atoms with Crippen molar-refractivity contribution in [1.29, 1.82) is 0 Å². The first-order chi connectivity index (χ1) is 6.18. The van der Waals surface area contributed by atoms with Gasteiger partial charge in [0.25, 0.3) is 0 Å². The molecule has 0 aliphatic heterocycles. The molecule has 1 unspecified atom stereocenters. The van der Waals surface area contributed by atoms with Gasteiger partial charge in [-0.15, -0.1) is 0 Å². The number of alkyl halides is 2. The molecule has 0 bridgehead atoms. The molecule has 86 valence electrons. The van der Waals surface area contributed by atoms with Crippen molar-refractivity contribution in [3.63, 3.8) is 0 Å². The molecule has 0 radical (unpaired) electrons. The van der Waals surface area contributed by atoms with E-state index in [4.69, 9.17) is 4.89 Å². The maximum absolute atomic E-state index is 13.1. The largest absolute Gasteiger partial charge is 0.444 e. The summed E-state index contributed by atoms with van der Waals surface area (Å²) in [5.41, 5.74) is 0. The van der Waals surface area contributed by atoms with Crippen molar-refractivity contribution in [2.45, 2.75) is 5.40 Å². The molecule has 0 saturated carbocycles. The summed E-state index contributed by atoms with van der Waals surface area (Å²) in [6.07, 6.45) is 0. The summed E-state index contributed by atoms with van der Waals surface area (Å²) < 4.78 is 59.7. The van der Waals surface area contributed by atoms with Crippen LogP contribution >= 0.6 is 15.2 Å². The van der Waals surface area contributed by atoms with Crippen LogP contribution in [-0.2, 0) is 22.7 Å². The van der Waals surface area contributed by atoms with Crippen LogP contribution in [0.2, 0.25) is 0 Å². The highest BCUT2D eigenvalue weighted by Crippen LogP contribution is 2.76. The summed E-state index contributed by atoms with van der Waals surface area (Å²) in [5.74, 6) is 0. The Balaban J connectivity index is 5.34. The Labute approximate surface area is 79.2 Å². The fourth-order valence-corrected chi connectivity index (χ4v) is 3.34. The third-order valence-electron chi connectivity index (χ3n) is 1.40. The van der Waals surface area contributed by atoms with Crippen molar-refractivity contribution in [3.05, 3.63) is 0 Å². The molecule has 0 aromatic heterocycles. The van der Waals surface area contributed by atoms with Crippen molar-refractivity contribution in [1.82, 2.24) is 0 Å². The molecule has 0 aliphatic carbocycles. The van der Waals surface area contributed by atoms with Crippen molar-refractivity contribution in [2.75, 3.05) is 21.3 Å². The van der Waals surface area contributed by atoms with Crippen LogP contribution in [0.1, 0.15) is 0 Å². The molecule has 1 atom stereocenters. The molecule has 0 fully saturated rings. The Morgan fingerprint density at radius 3 is 1.64 bits per heavy atom. The minimum absolute atomic E-state index is 0.588. The zero-order chi connectivity index (χ0) is 11.6. The van der Waals surface area contributed by atoms with E-state index in [0.29, 0.717) is 21.3 Å². The van der Waals surface area contributed by atoms with E-state index in [1.807, 2.05) is 0 Å². The van der Waals surface area contributed by atoms with Gasteiger partial charge >= 0.3 is 20.6 Å². The van der Waals surface area contributed by atoms with Crippen molar-refractivity contribution in [2.24, 2.45) is 0 Å². The van der Waals surface area contributed by atoms with E-state index in [1.165, 1.54) is 0 Å². The monoisotopic (exact) mass is 254 g/mol. The summed E-state index contributed by atoms with van der Waals surface area (Å²) in [7, 11) is -8.43. The van der Waals surface area contributed by atoms with Gasteiger partial charge in [-0.3, -0.25) is 9.13 Å². The minimum Gasteiger partial charge on any atom is -0.320 e. The predicted molar refractivity (Wildman–Crippen MR) is 43.4 cm³/mol. The highest BCUT2D eigenvalue weighted by molar-refractivity contribution is 7.73. The molecule has 14 heavy (non-hydrogen) atoms. The molecule has 6 nitrogen and oxygen atoms in total. The lowest BCUT2D eigenvalue weighted by Gasteiger charge is -2.25. The van der Waals surface area contributed by atoms with Gasteiger partial charge in [-0.25, -0.2) is 0 Å². The van der Waals surface area contributed by atoms with Gasteiger partial charge in [0.2, 0.25) is 0 Å². The Bertz CT molecular complexity index is 284. The average Bonchev–Trinajstić information content (AvgIpc) is 2.15. The highest BCUT2D eigenvalue weighted by Gasteiger charge is 2.66. The summed E-state index contributed by atoms with van der Waals surface area (Å²) in [6, 6.07) is 0. The Morgan fingerprint density at radius 1 is 1.07 bits per heavy atom. The van der Waals surface area contributed by atoms with Crippen molar-refractivity contribution < 1.29 is 36.4 Å². The number of hydrogen-bond acceptors (Lipinski definition) is 5. The number of rotatable bonds is 5. The Hall–Kier alpha value is 0.160. The van der Waals surface area contributed by atoms with Crippen LogP contribution in [-0.4, -0.2) is 31.6 Å². The SMILES string of the molecule is COP(=O)(O)C(F)(F)P(=O)(OC)OC. The molecule has 0 rings (SSSR count). The van der Waals surface area contributed by atoms with Gasteiger partial charge in [-0.1, -0.05) is 0 Å². The summed E-state index contributed by atoms with van der Waals surface area (Å²) in [6.45, 7) is 0. The predicted octanol–water partition coefficient (Wildman–Crippen LogP) is 1.85. The molecule has 0 aromatic rings. The van der Waals surface area contributed by atoms with Crippen LogP contribution < -0.4 is 0 Å². The van der Waals surface area contributed by atoms with Gasteiger partial charge in [-0.05, 0) is 0 Å². The van der Waals surface area contributed by atoms with Gasteiger partial charge in [-0.2, -0.15) is 8.78 Å². The third kappa shape index (κ3) is 2.05. The molecule has 0 saturated heterocycles. The normalized spacial score (nSPS) is 17.9. The Kier molecular flexibility index (Phi) is 4.40. The van der Waals surface area contributed by atoms with Crippen LogP contribution in [0.25, 0.3) is 0 Å². The number of hydrogen-bond donors (Lipinski definition) is 1. The molecule has 0 heterocycles. The van der Waals surface area contributed by atoms with Crippen LogP contribution in [0.5, 0.6) is 0 Å².